The quantitative estimate of drug-likeness (QED) is 0.456. The summed E-state index contributed by atoms with van der Waals surface area (Å²) in [6.45, 7) is 0. The van der Waals surface area contributed by atoms with E-state index in [-0.39, 0.29) is 0 Å². The third-order valence-corrected chi connectivity index (χ3v) is 1.71. The summed E-state index contributed by atoms with van der Waals surface area (Å²) in [6, 6.07) is 3.69. The standard InChI is InChI=1S/C6H4N6/c1-2-6-8-9-10-12(6)11-4-3-7-5(1)11/h1-4H. The molecule has 0 aromatic carbocycles. The molecule has 3 rings (SSSR count). The molecule has 0 saturated heterocycles. The van der Waals surface area contributed by atoms with Gasteiger partial charge >= 0.3 is 0 Å². The summed E-state index contributed by atoms with van der Waals surface area (Å²) in [5.41, 5.74) is 1.54. The van der Waals surface area contributed by atoms with Crippen LogP contribution in [0.1, 0.15) is 0 Å². The first-order valence-electron chi connectivity index (χ1n) is 3.45. The molecule has 6 nitrogen and oxygen atoms in total. The molecule has 0 aliphatic rings. The van der Waals surface area contributed by atoms with Crippen LogP contribution < -0.4 is 0 Å². The molecule has 0 aliphatic heterocycles. The van der Waals surface area contributed by atoms with E-state index in [1.807, 2.05) is 12.1 Å². The van der Waals surface area contributed by atoms with Crippen LogP contribution in [0.4, 0.5) is 0 Å². The van der Waals surface area contributed by atoms with Crippen molar-refractivity contribution in [1.82, 2.24) is 29.7 Å². The van der Waals surface area contributed by atoms with Gasteiger partial charge in [-0.15, -0.1) is 9.73 Å². The van der Waals surface area contributed by atoms with Crippen molar-refractivity contribution in [2.45, 2.75) is 0 Å². The third kappa shape index (κ3) is 0.541. The first-order chi connectivity index (χ1) is 5.95. The molecule has 6 heteroatoms. The molecule has 0 aliphatic carbocycles. The zero-order valence-electron chi connectivity index (χ0n) is 5.99. The molecule has 3 aromatic heterocycles. The molecule has 0 unspecified atom stereocenters. The van der Waals surface area contributed by atoms with Gasteiger partial charge in [0.25, 0.3) is 0 Å². The predicted octanol–water partition coefficient (Wildman–Crippen LogP) is -0.228. The van der Waals surface area contributed by atoms with Gasteiger partial charge in [0.1, 0.15) is 0 Å². The number of hydrogen-bond donors (Lipinski definition) is 0. The highest BCUT2D eigenvalue weighted by atomic mass is 15.6. The minimum atomic E-state index is 0.709. The Hall–Kier alpha value is -1.98. The SMILES string of the molecule is c1cn2c(ccc3nnnn32)n1. The molecular weight excluding hydrogens is 156 g/mol. The van der Waals surface area contributed by atoms with Crippen molar-refractivity contribution in [3.8, 4) is 0 Å². The first-order valence-corrected chi connectivity index (χ1v) is 3.45. The van der Waals surface area contributed by atoms with Gasteiger partial charge in [-0.05, 0) is 22.6 Å². The van der Waals surface area contributed by atoms with Gasteiger partial charge in [-0.25, -0.2) is 9.50 Å². The van der Waals surface area contributed by atoms with E-state index in [1.165, 1.54) is 0 Å². The molecule has 0 spiro atoms. The largest absolute Gasteiger partial charge is 0.236 e. The minimum absolute atomic E-state index is 0.709. The van der Waals surface area contributed by atoms with Crippen LogP contribution in [0.15, 0.2) is 24.5 Å². The van der Waals surface area contributed by atoms with Gasteiger partial charge in [0.2, 0.25) is 0 Å². The van der Waals surface area contributed by atoms with Crippen LogP contribution in [0.5, 0.6) is 0 Å². The Morgan fingerprint density at radius 1 is 1.17 bits per heavy atom. The van der Waals surface area contributed by atoms with Crippen molar-refractivity contribution in [3.63, 3.8) is 0 Å². The van der Waals surface area contributed by atoms with Gasteiger partial charge in [-0.2, -0.15) is 0 Å². The third-order valence-electron chi connectivity index (χ3n) is 1.71. The van der Waals surface area contributed by atoms with Crippen molar-refractivity contribution in [1.29, 1.82) is 0 Å². The average molecular weight is 160 g/mol. The van der Waals surface area contributed by atoms with Crippen molar-refractivity contribution in [3.05, 3.63) is 24.5 Å². The van der Waals surface area contributed by atoms with Crippen LogP contribution in [-0.4, -0.2) is 29.7 Å². The van der Waals surface area contributed by atoms with Gasteiger partial charge < -0.3 is 0 Å². The molecule has 3 aromatic rings. The molecule has 0 radical (unpaired) electrons. The number of hydrogen-bond acceptors (Lipinski definition) is 4. The molecule has 12 heavy (non-hydrogen) atoms. The number of nitrogens with zero attached hydrogens (tertiary/aromatic N) is 6. The van der Waals surface area contributed by atoms with E-state index in [9.17, 15) is 0 Å². The smallest absolute Gasteiger partial charge is 0.198 e. The van der Waals surface area contributed by atoms with E-state index in [1.54, 1.807) is 21.5 Å². The van der Waals surface area contributed by atoms with Crippen molar-refractivity contribution >= 4 is 11.3 Å². The summed E-state index contributed by atoms with van der Waals surface area (Å²) in [6.07, 6.45) is 3.51. The Bertz CT molecular complexity index is 485. The fourth-order valence-electron chi connectivity index (χ4n) is 1.18. The Morgan fingerprint density at radius 3 is 3.08 bits per heavy atom. The van der Waals surface area contributed by atoms with Crippen LogP contribution in [-0.2, 0) is 0 Å². The molecule has 0 N–H and O–H groups in total. The first kappa shape index (κ1) is 5.64. The summed E-state index contributed by atoms with van der Waals surface area (Å²) in [4.78, 5) is 4.10. The predicted molar refractivity (Wildman–Crippen MR) is 39.5 cm³/mol. The Kier molecular flexibility index (Phi) is 0.840. The maximum Gasteiger partial charge on any atom is 0.198 e. The van der Waals surface area contributed by atoms with Crippen LogP contribution >= 0.6 is 0 Å². The lowest BCUT2D eigenvalue weighted by Gasteiger charge is -1.93. The summed E-state index contributed by atoms with van der Waals surface area (Å²) in [7, 11) is 0. The lowest BCUT2D eigenvalue weighted by molar-refractivity contribution is 0.694. The molecule has 0 atom stereocenters. The highest BCUT2D eigenvalue weighted by Gasteiger charge is 2.00. The molecule has 0 amide bonds. The fraction of sp³-hybridized carbons (Fsp3) is 0. The highest BCUT2D eigenvalue weighted by Crippen LogP contribution is 2.01. The van der Waals surface area contributed by atoms with Gasteiger partial charge in [-0.3, -0.25) is 0 Å². The van der Waals surface area contributed by atoms with Crippen LogP contribution in [0, 0.1) is 0 Å². The fourth-order valence-corrected chi connectivity index (χ4v) is 1.18. The van der Waals surface area contributed by atoms with E-state index >= 15 is 0 Å². The van der Waals surface area contributed by atoms with E-state index in [2.05, 4.69) is 20.5 Å². The van der Waals surface area contributed by atoms with E-state index in [0.717, 1.165) is 5.65 Å². The average Bonchev–Trinajstić information content (AvgIpc) is 2.71. The number of fused-ring (bicyclic) bond motifs is 3. The van der Waals surface area contributed by atoms with Gasteiger partial charge in [0, 0.05) is 12.4 Å². The highest BCUT2D eigenvalue weighted by molar-refractivity contribution is 5.44. The van der Waals surface area contributed by atoms with Gasteiger partial charge in [-0.1, -0.05) is 0 Å². The molecule has 0 saturated carbocycles. The topological polar surface area (TPSA) is 60.4 Å². The lowest BCUT2D eigenvalue weighted by atomic mass is 10.5. The molecular formula is C6H4N6. The van der Waals surface area contributed by atoms with Crippen molar-refractivity contribution in [2.75, 3.05) is 0 Å². The Balaban J connectivity index is 2.71. The molecule has 3 heterocycles. The lowest BCUT2D eigenvalue weighted by Crippen LogP contribution is -1.99. The maximum absolute atomic E-state index is 4.10. The van der Waals surface area contributed by atoms with E-state index in [4.69, 9.17) is 0 Å². The summed E-state index contributed by atoms with van der Waals surface area (Å²) < 4.78 is 3.36. The summed E-state index contributed by atoms with van der Waals surface area (Å²) in [5.74, 6) is 0. The number of tetrazole rings is 1. The number of aromatic nitrogens is 6. The van der Waals surface area contributed by atoms with Crippen molar-refractivity contribution < 1.29 is 0 Å². The van der Waals surface area contributed by atoms with Crippen molar-refractivity contribution in [2.24, 2.45) is 0 Å². The second-order valence-corrected chi connectivity index (χ2v) is 2.39. The normalized spacial score (nSPS) is 11.3. The Morgan fingerprint density at radius 2 is 2.08 bits per heavy atom. The van der Waals surface area contributed by atoms with Gasteiger partial charge in [0.05, 0.1) is 0 Å². The monoisotopic (exact) mass is 160 g/mol. The molecule has 58 valence electrons. The minimum Gasteiger partial charge on any atom is -0.236 e. The molecule has 0 fully saturated rings. The Labute approximate surface area is 66.4 Å². The second kappa shape index (κ2) is 1.79. The van der Waals surface area contributed by atoms with Crippen LogP contribution in [0.25, 0.3) is 11.3 Å². The van der Waals surface area contributed by atoms with E-state index < -0.39 is 0 Å². The van der Waals surface area contributed by atoms with E-state index in [0.29, 0.717) is 5.65 Å². The summed E-state index contributed by atoms with van der Waals surface area (Å²) in [5, 5.41) is 11.1. The number of imidazole rings is 1. The van der Waals surface area contributed by atoms with Crippen LogP contribution in [0.3, 0.4) is 0 Å². The maximum atomic E-state index is 4.10. The number of rotatable bonds is 0. The van der Waals surface area contributed by atoms with Gasteiger partial charge in [0.15, 0.2) is 11.3 Å². The zero-order valence-corrected chi connectivity index (χ0v) is 5.99. The van der Waals surface area contributed by atoms with Crippen LogP contribution in [0.2, 0.25) is 0 Å². The molecule has 0 bridgehead atoms. The second-order valence-electron chi connectivity index (χ2n) is 2.39. The summed E-state index contributed by atoms with van der Waals surface area (Å²) >= 11 is 0. The zero-order chi connectivity index (χ0) is 7.97.